The van der Waals surface area contributed by atoms with Crippen LogP contribution >= 0.6 is 11.5 Å². The first-order valence-corrected chi connectivity index (χ1v) is 11.0. The maximum Gasteiger partial charge on any atom is 0.243 e. The van der Waals surface area contributed by atoms with Gasteiger partial charge in [-0.2, -0.15) is 4.37 Å². The summed E-state index contributed by atoms with van der Waals surface area (Å²) in [4.78, 5) is 19.3. The van der Waals surface area contributed by atoms with Gasteiger partial charge in [0.25, 0.3) is 0 Å². The third-order valence-electron chi connectivity index (χ3n) is 4.89. The van der Waals surface area contributed by atoms with Gasteiger partial charge >= 0.3 is 0 Å². The molecule has 162 valence electrons. The van der Waals surface area contributed by atoms with E-state index in [4.69, 9.17) is 4.98 Å². The minimum atomic E-state index is -0.344. The van der Waals surface area contributed by atoms with E-state index < -0.39 is 0 Å². The van der Waals surface area contributed by atoms with E-state index in [1.165, 1.54) is 29.2 Å². The van der Waals surface area contributed by atoms with Crippen LogP contribution in [0.4, 0.5) is 15.2 Å². The zero-order valence-electron chi connectivity index (χ0n) is 17.7. The molecule has 0 bridgehead atoms. The summed E-state index contributed by atoms with van der Waals surface area (Å²) in [6.45, 7) is 2.68. The highest BCUT2D eigenvalue weighted by atomic mass is 32.1. The summed E-state index contributed by atoms with van der Waals surface area (Å²) in [5, 5.41) is 3.50. The summed E-state index contributed by atoms with van der Waals surface area (Å²) < 4.78 is 17.7. The molecule has 0 saturated carbocycles. The first-order valence-electron chi connectivity index (χ1n) is 10.3. The van der Waals surface area contributed by atoms with E-state index in [1.807, 2.05) is 35.2 Å². The summed E-state index contributed by atoms with van der Waals surface area (Å²) in [5.74, 6) is 0.178. The Hall–Kier alpha value is -3.58. The molecule has 0 aliphatic carbocycles. The number of nitrogens with one attached hydrogen (secondary N) is 1. The molecular formula is C25H23FN4OS. The van der Waals surface area contributed by atoms with Gasteiger partial charge in [-0.05, 0) is 42.3 Å². The number of amides is 1. The molecule has 3 aromatic carbocycles. The first-order chi connectivity index (χ1) is 15.5. The molecule has 1 amide bonds. The average molecular weight is 447 g/mol. The molecule has 1 aromatic heterocycles. The van der Waals surface area contributed by atoms with Crippen LogP contribution in [0, 0.1) is 12.7 Å². The Labute approximate surface area is 190 Å². The lowest BCUT2D eigenvalue weighted by Gasteiger charge is -2.21. The molecule has 1 N–H and O–H groups in total. The molecule has 4 aromatic rings. The van der Waals surface area contributed by atoms with Crippen LogP contribution in [0.1, 0.15) is 22.5 Å². The van der Waals surface area contributed by atoms with E-state index in [0.717, 1.165) is 17.0 Å². The number of aryl methyl sites for hydroxylation is 1. The Morgan fingerprint density at radius 1 is 0.969 bits per heavy atom. The van der Waals surface area contributed by atoms with Gasteiger partial charge in [-0.3, -0.25) is 4.79 Å². The Balaban J connectivity index is 1.50. The van der Waals surface area contributed by atoms with Gasteiger partial charge in [0, 0.05) is 30.2 Å². The lowest BCUT2D eigenvalue weighted by molar-refractivity contribution is -0.115. The number of aromatic nitrogens is 2. The van der Waals surface area contributed by atoms with Crippen LogP contribution < -0.4 is 10.2 Å². The predicted octanol–water partition coefficient (Wildman–Crippen LogP) is 5.22. The van der Waals surface area contributed by atoms with E-state index in [9.17, 15) is 9.18 Å². The standard InChI is InChI=1S/C25H23FN4OS/c1-18-7-9-19(10-8-18)15-23-28-25(32-29-23)30(16-20-5-3-2-4-6-20)17-24(31)27-22-13-11-21(26)12-14-22/h2-14H,15-17H2,1H3,(H,27,31). The van der Waals surface area contributed by atoms with Crippen molar-refractivity contribution in [2.75, 3.05) is 16.8 Å². The third kappa shape index (κ3) is 5.98. The van der Waals surface area contributed by atoms with E-state index in [0.29, 0.717) is 23.8 Å². The molecule has 32 heavy (non-hydrogen) atoms. The van der Waals surface area contributed by atoms with E-state index in [2.05, 4.69) is 40.9 Å². The highest BCUT2D eigenvalue weighted by Gasteiger charge is 2.17. The summed E-state index contributed by atoms with van der Waals surface area (Å²) in [7, 11) is 0. The van der Waals surface area contributed by atoms with Crippen molar-refractivity contribution in [3.05, 3.63) is 107 Å². The minimum absolute atomic E-state index is 0.103. The normalized spacial score (nSPS) is 10.7. The number of halogens is 1. The molecule has 5 nitrogen and oxygen atoms in total. The van der Waals surface area contributed by atoms with Crippen molar-refractivity contribution in [1.29, 1.82) is 0 Å². The number of benzene rings is 3. The number of hydrogen-bond donors (Lipinski definition) is 1. The molecule has 7 heteroatoms. The molecule has 0 atom stereocenters. The fourth-order valence-corrected chi connectivity index (χ4v) is 3.92. The largest absolute Gasteiger partial charge is 0.333 e. The lowest BCUT2D eigenvalue weighted by atomic mass is 10.1. The smallest absolute Gasteiger partial charge is 0.243 e. The van der Waals surface area contributed by atoms with Crippen LogP contribution in [0.5, 0.6) is 0 Å². The van der Waals surface area contributed by atoms with Gasteiger partial charge in [0.1, 0.15) is 11.6 Å². The summed E-state index contributed by atoms with van der Waals surface area (Å²) in [6.07, 6.45) is 0.637. The Morgan fingerprint density at radius 2 is 1.69 bits per heavy atom. The number of rotatable bonds is 8. The third-order valence-corrected chi connectivity index (χ3v) is 5.70. The Morgan fingerprint density at radius 3 is 2.41 bits per heavy atom. The van der Waals surface area contributed by atoms with Crippen molar-refractivity contribution < 1.29 is 9.18 Å². The second kappa shape index (κ2) is 10.2. The van der Waals surface area contributed by atoms with Gasteiger partial charge in [-0.25, -0.2) is 9.37 Å². The van der Waals surface area contributed by atoms with Gasteiger partial charge in [0.05, 0.1) is 6.54 Å². The van der Waals surface area contributed by atoms with Crippen molar-refractivity contribution in [1.82, 2.24) is 9.36 Å². The molecule has 0 radical (unpaired) electrons. The summed E-state index contributed by atoms with van der Waals surface area (Å²) >= 11 is 1.28. The highest BCUT2D eigenvalue weighted by Crippen LogP contribution is 2.22. The number of carbonyl (C=O) groups is 1. The molecule has 0 unspecified atom stereocenters. The molecular weight excluding hydrogens is 423 g/mol. The maximum atomic E-state index is 13.1. The topological polar surface area (TPSA) is 58.1 Å². The molecule has 1 heterocycles. The molecule has 0 aliphatic heterocycles. The van der Waals surface area contributed by atoms with Crippen molar-refractivity contribution in [3.8, 4) is 0 Å². The molecule has 4 rings (SSSR count). The van der Waals surface area contributed by atoms with Crippen LogP contribution in [-0.2, 0) is 17.8 Å². The van der Waals surface area contributed by atoms with Gasteiger partial charge < -0.3 is 10.2 Å². The zero-order chi connectivity index (χ0) is 22.3. The number of hydrogen-bond acceptors (Lipinski definition) is 5. The van der Waals surface area contributed by atoms with Gasteiger partial charge in [-0.15, -0.1) is 0 Å². The number of anilines is 2. The van der Waals surface area contributed by atoms with Gasteiger partial charge in [0.2, 0.25) is 11.0 Å². The summed E-state index contributed by atoms with van der Waals surface area (Å²) in [6, 6.07) is 23.9. The number of carbonyl (C=O) groups excluding carboxylic acids is 1. The van der Waals surface area contributed by atoms with Gasteiger partial charge in [-0.1, -0.05) is 60.2 Å². The van der Waals surface area contributed by atoms with E-state index in [1.54, 1.807) is 12.1 Å². The van der Waals surface area contributed by atoms with Crippen molar-refractivity contribution in [2.45, 2.75) is 19.9 Å². The maximum absolute atomic E-state index is 13.1. The van der Waals surface area contributed by atoms with Gasteiger partial charge in [0.15, 0.2) is 0 Å². The van der Waals surface area contributed by atoms with Crippen LogP contribution in [-0.4, -0.2) is 21.8 Å². The van der Waals surface area contributed by atoms with Crippen LogP contribution in [0.15, 0.2) is 78.9 Å². The van der Waals surface area contributed by atoms with Crippen LogP contribution in [0.2, 0.25) is 0 Å². The van der Waals surface area contributed by atoms with E-state index >= 15 is 0 Å². The molecule has 0 spiro atoms. The fourth-order valence-electron chi connectivity index (χ4n) is 3.24. The van der Waals surface area contributed by atoms with Crippen molar-refractivity contribution in [2.24, 2.45) is 0 Å². The first kappa shape index (κ1) is 21.6. The molecule has 0 fully saturated rings. The quantitative estimate of drug-likeness (QED) is 0.403. The molecule has 0 saturated heterocycles. The zero-order valence-corrected chi connectivity index (χ0v) is 18.5. The lowest BCUT2D eigenvalue weighted by Crippen LogP contribution is -2.33. The van der Waals surface area contributed by atoms with E-state index in [-0.39, 0.29) is 18.3 Å². The number of nitrogens with zero attached hydrogens (tertiary/aromatic N) is 3. The Bertz CT molecular complexity index is 1160. The van der Waals surface area contributed by atoms with Crippen molar-refractivity contribution in [3.63, 3.8) is 0 Å². The fraction of sp³-hybridized carbons (Fsp3) is 0.160. The molecule has 0 aliphatic rings. The average Bonchev–Trinajstić information content (AvgIpc) is 3.26. The monoisotopic (exact) mass is 446 g/mol. The summed E-state index contributed by atoms with van der Waals surface area (Å²) in [5.41, 5.74) is 3.97. The highest BCUT2D eigenvalue weighted by molar-refractivity contribution is 7.09. The second-order valence-corrected chi connectivity index (χ2v) is 8.28. The van der Waals surface area contributed by atoms with Crippen molar-refractivity contribution >= 4 is 28.3 Å². The SMILES string of the molecule is Cc1ccc(Cc2nsc(N(CC(=O)Nc3ccc(F)cc3)Cc3ccccc3)n2)cc1. The Kier molecular flexibility index (Phi) is 6.87. The minimum Gasteiger partial charge on any atom is -0.333 e. The van der Waals surface area contributed by atoms with Crippen LogP contribution in [0.25, 0.3) is 0 Å². The predicted molar refractivity (Wildman–Crippen MR) is 126 cm³/mol. The second-order valence-electron chi connectivity index (χ2n) is 7.55. The van der Waals surface area contributed by atoms with Crippen LogP contribution in [0.3, 0.4) is 0 Å².